The predicted octanol–water partition coefficient (Wildman–Crippen LogP) is 4.48. The summed E-state index contributed by atoms with van der Waals surface area (Å²) in [6.07, 6.45) is -0.653. The highest BCUT2D eigenvalue weighted by molar-refractivity contribution is 9.10. The molecule has 1 atom stereocenters. The van der Waals surface area contributed by atoms with Crippen LogP contribution in [0.15, 0.2) is 53.0 Å². The lowest BCUT2D eigenvalue weighted by Gasteiger charge is -2.16. The summed E-state index contributed by atoms with van der Waals surface area (Å²) in [5.74, 6) is -0.532. The minimum absolute atomic E-state index is 0.00480. The Morgan fingerprint density at radius 2 is 1.95 bits per heavy atom. The van der Waals surface area contributed by atoms with Gasteiger partial charge in [-0.2, -0.15) is 0 Å². The molecule has 2 aromatic rings. The quantitative estimate of drug-likeness (QED) is 0.767. The molecule has 2 aromatic carbocycles. The molecule has 0 spiro atoms. The normalized spacial score (nSPS) is 12.1. The van der Waals surface area contributed by atoms with Crippen LogP contribution < -0.4 is 0 Å². The van der Waals surface area contributed by atoms with Crippen LogP contribution in [0.5, 0.6) is 0 Å². The topological polar surface area (TPSA) is 26.3 Å². The molecule has 0 heterocycles. The second kappa shape index (κ2) is 7.48. The Labute approximate surface area is 132 Å². The van der Waals surface area contributed by atoms with Crippen LogP contribution in [0, 0.1) is 5.82 Å². The molecule has 110 valence electrons. The van der Waals surface area contributed by atoms with Gasteiger partial charge in [-0.15, -0.1) is 0 Å². The second-order valence-corrected chi connectivity index (χ2v) is 5.54. The molecule has 0 aliphatic carbocycles. The number of rotatable bonds is 6. The Morgan fingerprint density at radius 3 is 2.62 bits per heavy atom. The van der Waals surface area contributed by atoms with Gasteiger partial charge in [0, 0.05) is 17.5 Å². The first-order chi connectivity index (χ1) is 10.1. The summed E-state index contributed by atoms with van der Waals surface area (Å²) < 4.78 is 20.1. The zero-order valence-corrected chi connectivity index (χ0v) is 13.3. The number of benzene rings is 2. The largest absolute Gasteiger partial charge is 0.366 e. The Kier molecular flexibility index (Phi) is 5.65. The first kappa shape index (κ1) is 15.9. The van der Waals surface area contributed by atoms with E-state index in [0.29, 0.717) is 12.2 Å². The molecule has 0 bridgehead atoms. The SMILES string of the molecule is CCOC(C(=O)Cc1cc(Br)ccc1F)c1ccccc1. The number of ether oxygens (including phenoxy) is 1. The van der Waals surface area contributed by atoms with Gasteiger partial charge in [0.1, 0.15) is 11.9 Å². The third-order valence-corrected chi connectivity index (χ3v) is 3.59. The third-order valence-electron chi connectivity index (χ3n) is 3.10. The van der Waals surface area contributed by atoms with Gasteiger partial charge in [0.05, 0.1) is 0 Å². The molecule has 21 heavy (non-hydrogen) atoms. The maximum absolute atomic E-state index is 13.8. The van der Waals surface area contributed by atoms with Crippen molar-refractivity contribution in [2.75, 3.05) is 6.61 Å². The minimum atomic E-state index is -0.658. The second-order valence-electron chi connectivity index (χ2n) is 4.62. The molecular weight excluding hydrogens is 335 g/mol. The number of hydrogen-bond acceptors (Lipinski definition) is 2. The summed E-state index contributed by atoms with van der Waals surface area (Å²) in [5, 5.41) is 0. The number of halogens is 2. The molecule has 0 amide bonds. The lowest BCUT2D eigenvalue weighted by molar-refractivity contribution is -0.130. The van der Waals surface area contributed by atoms with Gasteiger partial charge >= 0.3 is 0 Å². The van der Waals surface area contributed by atoms with Crippen molar-refractivity contribution in [2.45, 2.75) is 19.4 Å². The van der Waals surface area contributed by atoms with Crippen LogP contribution in [0.4, 0.5) is 4.39 Å². The van der Waals surface area contributed by atoms with E-state index in [1.165, 1.54) is 6.07 Å². The molecule has 0 N–H and O–H groups in total. The fourth-order valence-electron chi connectivity index (χ4n) is 2.13. The summed E-state index contributed by atoms with van der Waals surface area (Å²) in [5.41, 5.74) is 1.16. The van der Waals surface area contributed by atoms with Gasteiger partial charge in [-0.1, -0.05) is 46.3 Å². The van der Waals surface area contributed by atoms with Crippen LogP contribution in [0.3, 0.4) is 0 Å². The summed E-state index contributed by atoms with van der Waals surface area (Å²) >= 11 is 3.29. The Morgan fingerprint density at radius 1 is 1.24 bits per heavy atom. The zero-order chi connectivity index (χ0) is 15.2. The molecule has 2 rings (SSSR count). The van der Waals surface area contributed by atoms with E-state index in [2.05, 4.69) is 15.9 Å². The molecule has 0 aliphatic heterocycles. The monoisotopic (exact) mass is 350 g/mol. The zero-order valence-electron chi connectivity index (χ0n) is 11.7. The lowest BCUT2D eigenvalue weighted by Crippen LogP contribution is -2.18. The van der Waals surface area contributed by atoms with Crippen molar-refractivity contribution in [3.63, 3.8) is 0 Å². The number of carbonyl (C=O) groups is 1. The number of hydrogen-bond donors (Lipinski definition) is 0. The van der Waals surface area contributed by atoms with E-state index in [9.17, 15) is 9.18 Å². The first-order valence-corrected chi connectivity index (χ1v) is 7.54. The van der Waals surface area contributed by atoms with Gasteiger partial charge < -0.3 is 4.74 Å². The fourth-order valence-corrected chi connectivity index (χ4v) is 2.54. The molecule has 0 radical (unpaired) electrons. The van der Waals surface area contributed by atoms with Crippen LogP contribution >= 0.6 is 15.9 Å². The molecule has 0 saturated heterocycles. The van der Waals surface area contributed by atoms with Gasteiger partial charge in [-0.3, -0.25) is 4.79 Å². The molecule has 0 aliphatic rings. The van der Waals surface area contributed by atoms with E-state index in [1.54, 1.807) is 12.1 Å². The molecule has 2 nitrogen and oxygen atoms in total. The lowest BCUT2D eigenvalue weighted by atomic mass is 9.99. The van der Waals surface area contributed by atoms with E-state index >= 15 is 0 Å². The van der Waals surface area contributed by atoms with Crippen LogP contribution in [0.25, 0.3) is 0 Å². The van der Waals surface area contributed by atoms with E-state index in [1.807, 2.05) is 37.3 Å². The highest BCUT2D eigenvalue weighted by atomic mass is 79.9. The van der Waals surface area contributed by atoms with Crippen molar-refractivity contribution in [3.8, 4) is 0 Å². The van der Waals surface area contributed by atoms with E-state index in [4.69, 9.17) is 4.74 Å². The van der Waals surface area contributed by atoms with Crippen LogP contribution in [-0.2, 0) is 16.0 Å². The Hall–Kier alpha value is -1.52. The Balaban J connectivity index is 2.21. The number of Topliss-reactive ketones (excluding diaryl/α,β-unsaturated/α-hetero) is 1. The highest BCUT2D eigenvalue weighted by Crippen LogP contribution is 2.22. The van der Waals surface area contributed by atoms with Gasteiger partial charge in [-0.25, -0.2) is 4.39 Å². The molecule has 4 heteroatoms. The van der Waals surface area contributed by atoms with Crippen LogP contribution in [0.2, 0.25) is 0 Å². The van der Waals surface area contributed by atoms with Crippen molar-refractivity contribution in [1.82, 2.24) is 0 Å². The smallest absolute Gasteiger partial charge is 0.170 e. The summed E-state index contributed by atoms with van der Waals surface area (Å²) in [6, 6.07) is 13.9. The number of carbonyl (C=O) groups excluding carboxylic acids is 1. The fraction of sp³-hybridized carbons (Fsp3) is 0.235. The number of ketones is 1. The molecule has 0 fully saturated rings. The molecule has 0 aromatic heterocycles. The van der Waals surface area contributed by atoms with E-state index in [0.717, 1.165) is 10.0 Å². The van der Waals surface area contributed by atoms with E-state index < -0.39 is 6.10 Å². The standard InChI is InChI=1S/C17H16BrFO2/c1-2-21-17(12-6-4-3-5-7-12)16(20)11-13-10-14(18)8-9-15(13)19/h3-10,17H,2,11H2,1H3. The van der Waals surface area contributed by atoms with Crippen LogP contribution in [-0.4, -0.2) is 12.4 Å². The molecule has 1 unspecified atom stereocenters. The predicted molar refractivity (Wildman–Crippen MR) is 83.6 cm³/mol. The van der Waals surface area contributed by atoms with Crippen molar-refractivity contribution in [2.24, 2.45) is 0 Å². The van der Waals surface area contributed by atoms with Crippen molar-refractivity contribution in [1.29, 1.82) is 0 Å². The molecule has 0 saturated carbocycles. The van der Waals surface area contributed by atoms with E-state index in [-0.39, 0.29) is 18.0 Å². The Bertz CT molecular complexity index is 613. The van der Waals surface area contributed by atoms with Crippen molar-refractivity contribution >= 4 is 21.7 Å². The van der Waals surface area contributed by atoms with Crippen LogP contribution in [0.1, 0.15) is 24.2 Å². The van der Waals surface area contributed by atoms with Gasteiger partial charge in [0.2, 0.25) is 0 Å². The average molecular weight is 351 g/mol. The highest BCUT2D eigenvalue weighted by Gasteiger charge is 2.22. The first-order valence-electron chi connectivity index (χ1n) is 6.75. The summed E-state index contributed by atoms with van der Waals surface area (Å²) in [4.78, 5) is 12.5. The summed E-state index contributed by atoms with van der Waals surface area (Å²) in [7, 11) is 0. The van der Waals surface area contributed by atoms with Gasteiger partial charge in [0.15, 0.2) is 5.78 Å². The maximum atomic E-state index is 13.8. The van der Waals surface area contributed by atoms with Crippen molar-refractivity contribution < 1.29 is 13.9 Å². The minimum Gasteiger partial charge on any atom is -0.366 e. The van der Waals surface area contributed by atoms with Gasteiger partial charge in [0.25, 0.3) is 0 Å². The van der Waals surface area contributed by atoms with Gasteiger partial charge in [-0.05, 0) is 36.2 Å². The summed E-state index contributed by atoms with van der Waals surface area (Å²) in [6.45, 7) is 2.26. The molecular formula is C17H16BrFO2. The van der Waals surface area contributed by atoms with Crippen molar-refractivity contribution in [3.05, 3.63) is 69.9 Å². The average Bonchev–Trinajstić information content (AvgIpc) is 2.49. The third kappa shape index (κ3) is 4.22. The maximum Gasteiger partial charge on any atom is 0.170 e.